The van der Waals surface area contributed by atoms with Crippen molar-refractivity contribution in [1.82, 2.24) is 0 Å². The minimum absolute atomic E-state index is 0.0572. The average molecular weight is 349 g/mol. The molecule has 0 aliphatic heterocycles. The number of aryl methyl sites for hydroxylation is 2. The first kappa shape index (κ1) is 17.4. The number of benzene rings is 2. The first-order valence-corrected chi connectivity index (χ1v) is 8.91. The summed E-state index contributed by atoms with van der Waals surface area (Å²) in [5.74, 6) is 0. The van der Waals surface area contributed by atoms with Gasteiger partial charge in [0.05, 0.1) is 4.90 Å². The zero-order valence-electron chi connectivity index (χ0n) is 13.2. The van der Waals surface area contributed by atoms with E-state index in [0.29, 0.717) is 10.8 Å². The van der Waals surface area contributed by atoms with E-state index >= 15 is 0 Å². The van der Waals surface area contributed by atoms with E-state index in [2.05, 4.69) is 10.6 Å². The summed E-state index contributed by atoms with van der Waals surface area (Å²) in [6, 6.07) is 10.8. The van der Waals surface area contributed by atoms with E-state index in [1.54, 1.807) is 6.07 Å². The number of primary sulfonamides is 1. The molecule has 0 aromatic heterocycles. The van der Waals surface area contributed by atoms with Gasteiger partial charge < -0.3 is 10.6 Å². The molecule has 0 fully saturated rings. The first-order valence-electron chi connectivity index (χ1n) is 6.96. The molecule has 7 heteroatoms. The molecule has 5 nitrogen and oxygen atoms in total. The van der Waals surface area contributed by atoms with Gasteiger partial charge in [-0.15, -0.1) is 0 Å². The molecule has 2 rings (SSSR count). The van der Waals surface area contributed by atoms with Crippen molar-refractivity contribution < 1.29 is 8.42 Å². The van der Waals surface area contributed by atoms with Gasteiger partial charge in [0, 0.05) is 11.4 Å². The Kier molecular flexibility index (Phi) is 5.03. The van der Waals surface area contributed by atoms with Crippen molar-refractivity contribution in [2.24, 2.45) is 5.14 Å². The Morgan fingerprint density at radius 2 is 1.61 bits per heavy atom. The summed E-state index contributed by atoms with van der Waals surface area (Å²) in [7, 11) is -3.77. The van der Waals surface area contributed by atoms with Crippen LogP contribution in [0.5, 0.6) is 0 Å². The van der Waals surface area contributed by atoms with Crippen LogP contribution in [-0.2, 0) is 10.0 Å². The van der Waals surface area contributed by atoms with Crippen LogP contribution in [-0.4, -0.2) is 13.5 Å². The van der Waals surface area contributed by atoms with Gasteiger partial charge in [-0.05, 0) is 67.9 Å². The highest BCUT2D eigenvalue weighted by Gasteiger charge is 2.13. The summed E-state index contributed by atoms with van der Waals surface area (Å²) in [5, 5.41) is 11.7. The van der Waals surface area contributed by atoms with Crippen LogP contribution in [0, 0.1) is 20.8 Å². The fraction of sp³-hybridized carbons (Fsp3) is 0.188. The maximum Gasteiger partial charge on any atom is 0.238 e. The van der Waals surface area contributed by atoms with Crippen LogP contribution < -0.4 is 15.8 Å². The summed E-state index contributed by atoms with van der Waals surface area (Å²) in [6.45, 7) is 5.69. The zero-order valence-corrected chi connectivity index (χ0v) is 14.8. The van der Waals surface area contributed by atoms with Gasteiger partial charge in [-0.1, -0.05) is 18.2 Å². The summed E-state index contributed by atoms with van der Waals surface area (Å²) < 4.78 is 23.1. The number of thiocarbonyl (C=S) groups is 1. The Morgan fingerprint density at radius 1 is 1.00 bits per heavy atom. The van der Waals surface area contributed by atoms with E-state index in [4.69, 9.17) is 17.4 Å². The molecule has 0 heterocycles. The largest absolute Gasteiger partial charge is 0.332 e. The van der Waals surface area contributed by atoms with Gasteiger partial charge in [0.1, 0.15) is 0 Å². The van der Waals surface area contributed by atoms with E-state index in [1.165, 1.54) is 6.07 Å². The molecule has 0 unspecified atom stereocenters. The van der Waals surface area contributed by atoms with Crippen LogP contribution in [0.4, 0.5) is 11.4 Å². The topological polar surface area (TPSA) is 84.2 Å². The molecule has 0 radical (unpaired) electrons. The van der Waals surface area contributed by atoms with E-state index in [0.717, 1.165) is 22.4 Å². The van der Waals surface area contributed by atoms with E-state index in [1.807, 2.05) is 45.0 Å². The number of sulfonamides is 1. The average Bonchev–Trinajstić information content (AvgIpc) is 2.45. The second-order valence-corrected chi connectivity index (χ2v) is 7.32. The molecule has 0 saturated heterocycles. The van der Waals surface area contributed by atoms with Crippen molar-refractivity contribution >= 4 is 38.7 Å². The minimum atomic E-state index is -3.77. The van der Waals surface area contributed by atoms with Crippen molar-refractivity contribution in [3.05, 3.63) is 53.1 Å². The Balaban J connectivity index is 2.28. The highest BCUT2D eigenvalue weighted by atomic mass is 32.2. The van der Waals surface area contributed by atoms with Crippen LogP contribution in [0.1, 0.15) is 16.7 Å². The van der Waals surface area contributed by atoms with Crippen LogP contribution in [0.3, 0.4) is 0 Å². The molecule has 0 aliphatic rings. The fourth-order valence-corrected chi connectivity index (χ4v) is 2.95. The lowest BCUT2D eigenvalue weighted by Gasteiger charge is -2.16. The third kappa shape index (κ3) is 4.28. The lowest BCUT2D eigenvalue weighted by atomic mass is 10.1. The van der Waals surface area contributed by atoms with Crippen molar-refractivity contribution in [2.75, 3.05) is 10.6 Å². The van der Waals surface area contributed by atoms with Gasteiger partial charge in [-0.25, -0.2) is 13.6 Å². The lowest BCUT2D eigenvalue weighted by molar-refractivity contribution is 0.597. The predicted molar refractivity (Wildman–Crippen MR) is 98.3 cm³/mol. The molecule has 2 aromatic carbocycles. The Labute approximate surface area is 142 Å². The molecule has 0 atom stereocenters. The molecule has 0 spiro atoms. The monoisotopic (exact) mass is 349 g/mol. The van der Waals surface area contributed by atoms with E-state index in [9.17, 15) is 8.42 Å². The normalized spacial score (nSPS) is 11.1. The van der Waals surface area contributed by atoms with Gasteiger partial charge in [-0.3, -0.25) is 0 Å². The second-order valence-electron chi connectivity index (χ2n) is 5.35. The third-order valence-corrected chi connectivity index (χ3v) is 4.71. The summed E-state index contributed by atoms with van der Waals surface area (Å²) in [6.07, 6.45) is 0. The van der Waals surface area contributed by atoms with Gasteiger partial charge in [0.25, 0.3) is 0 Å². The quantitative estimate of drug-likeness (QED) is 0.742. The SMILES string of the molecule is Cc1ccccc1NC(=S)Nc1cc(S(N)(=O)=O)cc(C)c1C. The molecule has 4 N–H and O–H groups in total. The van der Waals surface area contributed by atoms with Gasteiger partial charge in [0.2, 0.25) is 10.0 Å². The van der Waals surface area contributed by atoms with E-state index < -0.39 is 10.0 Å². The summed E-state index contributed by atoms with van der Waals surface area (Å²) in [5.41, 5.74) is 4.29. The zero-order chi connectivity index (χ0) is 17.2. The van der Waals surface area contributed by atoms with Gasteiger partial charge in [-0.2, -0.15) is 0 Å². The Morgan fingerprint density at radius 3 is 2.22 bits per heavy atom. The number of nitrogens with one attached hydrogen (secondary N) is 2. The van der Waals surface area contributed by atoms with Crippen molar-refractivity contribution in [1.29, 1.82) is 0 Å². The molecule has 23 heavy (non-hydrogen) atoms. The molecule has 0 amide bonds. The smallest absolute Gasteiger partial charge is 0.238 e. The molecule has 122 valence electrons. The van der Waals surface area contributed by atoms with Gasteiger partial charge in [0.15, 0.2) is 5.11 Å². The third-order valence-electron chi connectivity index (χ3n) is 3.61. The molecule has 0 bridgehead atoms. The summed E-state index contributed by atoms with van der Waals surface area (Å²) >= 11 is 5.31. The molecular formula is C16H19N3O2S2. The second kappa shape index (κ2) is 6.66. The van der Waals surface area contributed by atoms with Crippen molar-refractivity contribution in [3.8, 4) is 0 Å². The van der Waals surface area contributed by atoms with Crippen molar-refractivity contribution in [2.45, 2.75) is 25.7 Å². The standard InChI is InChI=1S/C16H19N3O2S2/c1-10-6-4-5-7-14(10)18-16(22)19-15-9-13(23(17,20)21)8-11(2)12(15)3/h4-9H,1-3H3,(H2,17,20,21)(H2,18,19,22). The first-order chi connectivity index (χ1) is 10.7. The number of hydrogen-bond donors (Lipinski definition) is 3. The number of rotatable bonds is 3. The van der Waals surface area contributed by atoms with Crippen LogP contribution in [0.2, 0.25) is 0 Å². The highest BCUT2D eigenvalue weighted by molar-refractivity contribution is 7.89. The number of para-hydroxylation sites is 1. The van der Waals surface area contributed by atoms with Crippen LogP contribution in [0.25, 0.3) is 0 Å². The molecular weight excluding hydrogens is 330 g/mol. The fourth-order valence-electron chi connectivity index (χ4n) is 2.11. The van der Waals surface area contributed by atoms with Crippen LogP contribution in [0.15, 0.2) is 41.3 Å². The predicted octanol–water partition coefficient (Wildman–Crippen LogP) is 3.07. The maximum absolute atomic E-state index is 11.6. The minimum Gasteiger partial charge on any atom is -0.332 e. The highest BCUT2D eigenvalue weighted by Crippen LogP contribution is 2.24. The summed E-state index contributed by atoms with van der Waals surface area (Å²) in [4.78, 5) is 0.0572. The van der Waals surface area contributed by atoms with Gasteiger partial charge >= 0.3 is 0 Å². The lowest BCUT2D eigenvalue weighted by Crippen LogP contribution is -2.21. The number of hydrogen-bond acceptors (Lipinski definition) is 3. The molecule has 2 aromatic rings. The van der Waals surface area contributed by atoms with Crippen LogP contribution >= 0.6 is 12.2 Å². The maximum atomic E-state index is 11.6. The number of nitrogens with two attached hydrogens (primary N) is 1. The Bertz CT molecular complexity index is 862. The number of anilines is 2. The molecule has 0 saturated carbocycles. The molecule has 0 aliphatic carbocycles. The Hall–Kier alpha value is -1.96. The van der Waals surface area contributed by atoms with E-state index in [-0.39, 0.29) is 4.90 Å². The van der Waals surface area contributed by atoms with Crippen molar-refractivity contribution in [3.63, 3.8) is 0 Å².